The largest absolute Gasteiger partial charge is 0.478 e. The second kappa shape index (κ2) is 9.49. The Morgan fingerprint density at radius 3 is 2.88 bits per heavy atom. The summed E-state index contributed by atoms with van der Waals surface area (Å²) < 4.78 is 18.7. The lowest BCUT2D eigenvalue weighted by Crippen LogP contribution is -2.27. The van der Waals surface area contributed by atoms with Crippen LogP contribution in [0.5, 0.6) is 5.88 Å². The molecular weight excluding hydrogens is 351 g/mol. The molecule has 0 spiro atoms. The van der Waals surface area contributed by atoms with Crippen LogP contribution in [0.2, 0.25) is 5.02 Å². The summed E-state index contributed by atoms with van der Waals surface area (Å²) in [4.78, 5) is 16.2. The van der Waals surface area contributed by atoms with Crippen LogP contribution >= 0.6 is 23.4 Å². The van der Waals surface area contributed by atoms with Gasteiger partial charge in [0.05, 0.1) is 11.6 Å². The zero-order chi connectivity index (χ0) is 17.4. The number of benzene rings is 1. The maximum atomic E-state index is 13.5. The van der Waals surface area contributed by atoms with Crippen LogP contribution in [-0.4, -0.2) is 29.8 Å². The van der Waals surface area contributed by atoms with Crippen molar-refractivity contribution in [3.8, 4) is 5.88 Å². The molecule has 0 saturated carbocycles. The quantitative estimate of drug-likeness (QED) is 0.717. The third-order valence-electron chi connectivity index (χ3n) is 3.08. The number of hydrogen-bond acceptors (Lipinski definition) is 4. The zero-order valence-corrected chi connectivity index (χ0v) is 14.8. The van der Waals surface area contributed by atoms with Crippen LogP contribution in [-0.2, 0) is 5.75 Å². The van der Waals surface area contributed by atoms with Gasteiger partial charge in [0.1, 0.15) is 5.82 Å². The first-order chi connectivity index (χ1) is 11.6. The van der Waals surface area contributed by atoms with Gasteiger partial charge >= 0.3 is 0 Å². The molecule has 7 heteroatoms. The summed E-state index contributed by atoms with van der Waals surface area (Å²) in [7, 11) is 0. The van der Waals surface area contributed by atoms with Crippen LogP contribution in [0.1, 0.15) is 23.0 Å². The van der Waals surface area contributed by atoms with Crippen LogP contribution in [0.15, 0.2) is 36.4 Å². The van der Waals surface area contributed by atoms with E-state index < -0.39 is 0 Å². The molecule has 1 amide bonds. The van der Waals surface area contributed by atoms with Crippen molar-refractivity contribution in [2.45, 2.75) is 12.7 Å². The molecule has 2 rings (SSSR count). The van der Waals surface area contributed by atoms with Crippen molar-refractivity contribution in [3.05, 3.63) is 58.5 Å². The Kier molecular flexibility index (Phi) is 7.34. The molecule has 24 heavy (non-hydrogen) atoms. The fourth-order valence-electron chi connectivity index (χ4n) is 1.93. The predicted molar refractivity (Wildman–Crippen MR) is 95.3 cm³/mol. The van der Waals surface area contributed by atoms with Gasteiger partial charge in [0.2, 0.25) is 5.88 Å². The normalized spacial score (nSPS) is 10.5. The van der Waals surface area contributed by atoms with Gasteiger partial charge in [-0.1, -0.05) is 29.8 Å². The summed E-state index contributed by atoms with van der Waals surface area (Å²) in [5, 5.41) is 3.03. The molecule has 1 heterocycles. The van der Waals surface area contributed by atoms with Crippen LogP contribution in [0.4, 0.5) is 4.39 Å². The number of hydrogen-bond donors (Lipinski definition) is 1. The number of halogens is 2. The van der Waals surface area contributed by atoms with Crippen molar-refractivity contribution >= 4 is 29.3 Å². The summed E-state index contributed by atoms with van der Waals surface area (Å²) >= 11 is 7.54. The number of thioether (sulfide) groups is 1. The highest BCUT2D eigenvalue weighted by Gasteiger charge is 2.13. The number of carbonyl (C=O) groups is 1. The molecule has 128 valence electrons. The summed E-state index contributed by atoms with van der Waals surface area (Å²) in [5.41, 5.74) is 0.796. The van der Waals surface area contributed by atoms with Crippen LogP contribution < -0.4 is 10.1 Å². The van der Waals surface area contributed by atoms with Gasteiger partial charge in [-0.15, -0.1) is 0 Å². The van der Waals surface area contributed by atoms with E-state index in [9.17, 15) is 9.18 Å². The fraction of sp³-hybridized carbons (Fsp3) is 0.294. The van der Waals surface area contributed by atoms with Crippen molar-refractivity contribution in [1.82, 2.24) is 10.3 Å². The zero-order valence-electron chi connectivity index (χ0n) is 13.2. The molecule has 0 fully saturated rings. The van der Waals surface area contributed by atoms with Gasteiger partial charge in [-0.25, -0.2) is 9.37 Å². The molecule has 0 radical (unpaired) electrons. The van der Waals surface area contributed by atoms with Crippen LogP contribution in [0, 0.1) is 5.82 Å². The second-order valence-electron chi connectivity index (χ2n) is 4.81. The Balaban J connectivity index is 1.79. The highest BCUT2D eigenvalue weighted by Crippen LogP contribution is 2.18. The van der Waals surface area contributed by atoms with E-state index in [1.807, 2.05) is 6.92 Å². The van der Waals surface area contributed by atoms with Gasteiger partial charge < -0.3 is 10.1 Å². The number of ether oxygens (including phenoxy) is 1. The number of aromatic nitrogens is 1. The van der Waals surface area contributed by atoms with E-state index in [-0.39, 0.29) is 22.4 Å². The van der Waals surface area contributed by atoms with Crippen molar-refractivity contribution in [1.29, 1.82) is 0 Å². The molecule has 2 aromatic rings. The lowest BCUT2D eigenvalue weighted by molar-refractivity contribution is 0.0950. The van der Waals surface area contributed by atoms with E-state index in [1.54, 1.807) is 42.1 Å². The van der Waals surface area contributed by atoms with Gasteiger partial charge in [-0.05, 0) is 24.6 Å². The molecule has 0 unspecified atom stereocenters. The van der Waals surface area contributed by atoms with E-state index in [0.29, 0.717) is 36.1 Å². The number of rotatable bonds is 8. The molecule has 1 aromatic carbocycles. The molecule has 1 N–H and O–H groups in total. The maximum absolute atomic E-state index is 13.5. The first kappa shape index (κ1) is 18.5. The topological polar surface area (TPSA) is 51.2 Å². The van der Waals surface area contributed by atoms with Gasteiger partial charge in [0.15, 0.2) is 5.69 Å². The number of nitrogens with zero attached hydrogens (tertiary/aromatic N) is 1. The Bertz CT molecular complexity index is 700. The smallest absolute Gasteiger partial charge is 0.271 e. The van der Waals surface area contributed by atoms with Crippen molar-refractivity contribution in [2.75, 3.05) is 18.9 Å². The van der Waals surface area contributed by atoms with Crippen molar-refractivity contribution in [3.63, 3.8) is 0 Å². The minimum atomic E-state index is -0.354. The number of pyridine rings is 1. The van der Waals surface area contributed by atoms with E-state index in [1.165, 1.54) is 6.07 Å². The Morgan fingerprint density at radius 2 is 2.12 bits per heavy atom. The van der Waals surface area contributed by atoms with Gasteiger partial charge in [0, 0.05) is 24.1 Å². The highest BCUT2D eigenvalue weighted by atomic mass is 35.5. The van der Waals surface area contributed by atoms with Gasteiger partial charge in [-0.2, -0.15) is 11.8 Å². The first-order valence-electron chi connectivity index (χ1n) is 7.50. The predicted octanol–water partition coefficient (Wildman–Crippen LogP) is 3.94. The second-order valence-corrected chi connectivity index (χ2v) is 6.33. The Hall–Kier alpha value is -1.79. The molecule has 0 aliphatic rings. The molecule has 0 aliphatic carbocycles. The molecule has 0 atom stereocenters. The van der Waals surface area contributed by atoms with E-state index in [4.69, 9.17) is 16.3 Å². The number of carbonyl (C=O) groups excluding carboxylic acids is 1. The van der Waals surface area contributed by atoms with Crippen LogP contribution in [0.3, 0.4) is 0 Å². The minimum absolute atomic E-state index is 0.140. The Morgan fingerprint density at radius 1 is 1.33 bits per heavy atom. The minimum Gasteiger partial charge on any atom is -0.478 e. The van der Waals surface area contributed by atoms with E-state index in [0.717, 1.165) is 0 Å². The SMILES string of the molecule is CCOc1ccc(Cl)c(C(=O)NCCSCc2ccccc2F)n1. The average Bonchev–Trinajstić information content (AvgIpc) is 2.58. The fourth-order valence-corrected chi connectivity index (χ4v) is 2.97. The lowest BCUT2D eigenvalue weighted by Gasteiger charge is -2.08. The van der Waals surface area contributed by atoms with Crippen molar-refractivity contribution in [2.24, 2.45) is 0 Å². The maximum Gasteiger partial charge on any atom is 0.271 e. The summed E-state index contributed by atoms with van der Waals surface area (Å²) in [6, 6.07) is 9.87. The molecule has 0 aliphatic heterocycles. The molecule has 4 nitrogen and oxygen atoms in total. The molecule has 0 bridgehead atoms. The van der Waals surface area contributed by atoms with E-state index in [2.05, 4.69) is 10.3 Å². The van der Waals surface area contributed by atoms with E-state index >= 15 is 0 Å². The third-order valence-corrected chi connectivity index (χ3v) is 4.39. The lowest BCUT2D eigenvalue weighted by atomic mass is 10.2. The van der Waals surface area contributed by atoms with Gasteiger partial charge in [0.25, 0.3) is 5.91 Å². The summed E-state index contributed by atoms with van der Waals surface area (Å²) in [5.74, 6) is 1.01. The number of amides is 1. The first-order valence-corrected chi connectivity index (χ1v) is 9.03. The summed E-state index contributed by atoms with van der Waals surface area (Å²) in [6.45, 7) is 2.74. The Labute approximate surface area is 149 Å². The molecule has 1 aromatic heterocycles. The summed E-state index contributed by atoms with van der Waals surface area (Å²) in [6.07, 6.45) is 0. The molecule has 0 saturated heterocycles. The molecular formula is C17H18ClFN2O2S. The van der Waals surface area contributed by atoms with Gasteiger partial charge in [-0.3, -0.25) is 4.79 Å². The number of nitrogens with one attached hydrogen (secondary N) is 1. The highest BCUT2D eigenvalue weighted by molar-refractivity contribution is 7.98. The average molecular weight is 369 g/mol. The standard InChI is InChI=1S/C17H18ClFN2O2S/c1-2-23-15-8-7-13(18)16(21-15)17(22)20-9-10-24-11-12-5-3-4-6-14(12)19/h3-8H,2,9-11H2,1H3,(H,20,22). The van der Waals surface area contributed by atoms with Crippen LogP contribution in [0.25, 0.3) is 0 Å². The monoisotopic (exact) mass is 368 g/mol. The third kappa shape index (κ3) is 5.39. The van der Waals surface area contributed by atoms with Crippen molar-refractivity contribution < 1.29 is 13.9 Å².